The maximum Gasteiger partial charge on any atom is 0.152 e. The average molecular weight is 325 g/mol. The van der Waals surface area contributed by atoms with Crippen LogP contribution >= 0.6 is 31.9 Å². The topological polar surface area (TPSA) is 42.4 Å². The first-order valence-electron chi connectivity index (χ1n) is 4.06. The van der Waals surface area contributed by atoms with E-state index < -0.39 is 5.60 Å². The van der Waals surface area contributed by atoms with E-state index in [0.29, 0.717) is 10.4 Å². The summed E-state index contributed by atoms with van der Waals surface area (Å²) in [7, 11) is 0. The Morgan fingerprint density at radius 2 is 2.07 bits per heavy atom. The molecule has 1 heterocycles. The van der Waals surface area contributed by atoms with Crippen molar-refractivity contribution >= 4 is 31.9 Å². The highest BCUT2D eigenvalue weighted by molar-refractivity contribution is 9.11. The third-order valence-corrected chi connectivity index (χ3v) is 2.37. The van der Waals surface area contributed by atoms with Crippen molar-refractivity contribution in [3.05, 3.63) is 21.3 Å². The zero-order valence-electron chi connectivity index (χ0n) is 7.92. The lowest BCUT2D eigenvalue weighted by molar-refractivity contribution is 0.0280. The van der Waals surface area contributed by atoms with Crippen molar-refractivity contribution in [3.8, 4) is 5.75 Å². The summed E-state index contributed by atoms with van der Waals surface area (Å²) < 4.78 is 6.73. The second kappa shape index (κ2) is 4.59. The van der Waals surface area contributed by atoms with Crippen molar-refractivity contribution in [2.45, 2.75) is 19.4 Å². The van der Waals surface area contributed by atoms with Crippen LogP contribution < -0.4 is 4.74 Å². The van der Waals surface area contributed by atoms with Crippen LogP contribution in [0.25, 0.3) is 0 Å². The number of aliphatic hydroxyl groups is 1. The van der Waals surface area contributed by atoms with E-state index in [-0.39, 0.29) is 6.61 Å². The first kappa shape index (κ1) is 11.9. The average Bonchev–Trinajstić information content (AvgIpc) is 2.00. The minimum atomic E-state index is -0.841. The van der Waals surface area contributed by atoms with Crippen LogP contribution in [-0.2, 0) is 0 Å². The lowest BCUT2D eigenvalue weighted by Crippen LogP contribution is -2.28. The van der Waals surface area contributed by atoms with Crippen LogP contribution in [0.4, 0.5) is 0 Å². The van der Waals surface area contributed by atoms with Crippen molar-refractivity contribution in [2.75, 3.05) is 6.61 Å². The van der Waals surface area contributed by atoms with Gasteiger partial charge in [-0.3, -0.25) is 0 Å². The van der Waals surface area contributed by atoms with Crippen LogP contribution in [-0.4, -0.2) is 22.3 Å². The molecule has 78 valence electrons. The molecule has 0 bridgehead atoms. The Kier molecular flexibility index (Phi) is 3.92. The maximum absolute atomic E-state index is 9.45. The molecule has 0 amide bonds. The molecular formula is C9H11Br2NO2. The van der Waals surface area contributed by atoms with Gasteiger partial charge in [0, 0.05) is 0 Å². The van der Waals surface area contributed by atoms with Gasteiger partial charge in [0.2, 0.25) is 0 Å². The van der Waals surface area contributed by atoms with Crippen molar-refractivity contribution in [1.82, 2.24) is 4.98 Å². The number of nitrogens with zero attached hydrogens (tertiary/aromatic N) is 1. The van der Waals surface area contributed by atoms with E-state index in [1.807, 2.05) is 0 Å². The third kappa shape index (κ3) is 3.94. The summed E-state index contributed by atoms with van der Waals surface area (Å²) in [5.74, 6) is 0.621. The molecule has 0 aliphatic rings. The van der Waals surface area contributed by atoms with Gasteiger partial charge >= 0.3 is 0 Å². The van der Waals surface area contributed by atoms with Gasteiger partial charge in [0.15, 0.2) is 5.75 Å². The predicted octanol–water partition coefficient (Wildman–Crippen LogP) is 2.76. The van der Waals surface area contributed by atoms with Gasteiger partial charge in [-0.25, -0.2) is 4.98 Å². The molecule has 14 heavy (non-hydrogen) atoms. The molecule has 0 fully saturated rings. The molecular weight excluding hydrogens is 314 g/mol. The predicted molar refractivity (Wildman–Crippen MR) is 61.4 cm³/mol. The van der Waals surface area contributed by atoms with E-state index in [9.17, 15) is 5.11 Å². The Bertz CT molecular complexity index is 323. The molecule has 1 rings (SSSR count). The van der Waals surface area contributed by atoms with Crippen LogP contribution in [0.2, 0.25) is 0 Å². The van der Waals surface area contributed by atoms with Crippen LogP contribution in [0.15, 0.2) is 21.3 Å². The third-order valence-electron chi connectivity index (χ3n) is 1.36. The minimum Gasteiger partial charge on any atom is -0.488 e. The fraction of sp³-hybridized carbons (Fsp3) is 0.444. The molecule has 1 aromatic rings. The SMILES string of the molecule is CC(C)(O)COc1ccc(Br)nc1Br. The number of hydrogen-bond donors (Lipinski definition) is 1. The van der Waals surface area contributed by atoms with Crippen molar-refractivity contribution in [3.63, 3.8) is 0 Å². The lowest BCUT2D eigenvalue weighted by Gasteiger charge is -2.18. The van der Waals surface area contributed by atoms with Gasteiger partial charge in [-0.05, 0) is 57.8 Å². The molecule has 1 aromatic heterocycles. The molecule has 0 atom stereocenters. The highest BCUT2D eigenvalue weighted by atomic mass is 79.9. The summed E-state index contributed by atoms with van der Waals surface area (Å²) in [6.45, 7) is 3.61. The Morgan fingerprint density at radius 3 is 2.57 bits per heavy atom. The smallest absolute Gasteiger partial charge is 0.152 e. The summed E-state index contributed by atoms with van der Waals surface area (Å²) in [6, 6.07) is 3.57. The fourth-order valence-electron chi connectivity index (χ4n) is 0.761. The summed E-state index contributed by atoms with van der Waals surface area (Å²) >= 11 is 6.51. The normalized spacial score (nSPS) is 11.5. The number of ether oxygens (including phenoxy) is 1. The standard InChI is InChI=1S/C9H11Br2NO2/c1-9(2,13)5-14-6-3-4-7(10)12-8(6)11/h3-4,13H,5H2,1-2H3. The minimum absolute atomic E-state index is 0.231. The van der Waals surface area contributed by atoms with Gasteiger partial charge < -0.3 is 9.84 Å². The molecule has 1 N–H and O–H groups in total. The Morgan fingerprint density at radius 1 is 1.43 bits per heavy atom. The summed E-state index contributed by atoms with van der Waals surface area (Å²) in [6.07, 6.45) is 0. The monoisotopic (exact) mass is 323 g/mol. The van der Waals surface area contributed by atoms with Gasteiger partial charge in [-0.2, -0.15) is 0 Å². The van der Waals surface area contributed by atoms with Crippen molar-refractivity contribution < 1.29 is 9.84 Å². The van der Waals surface area contributed by atoms with Crippen molar-refractivity contribution in [1.29, 1.82) is 0 Å². The summed E-state index contributed by atoms with van der Waals surface area (Å²) in [5.41, 5.74) is -0.841. The van der Waals surface area contributed by atoms with Crippen LogP contribution in [0.3, 0.4) is 0 Å². The Hall–Kier alpha value is -0.130. The second-order valence-corrected chi connectivity index (χ2v) is 5.09. The lowest BCUT2D eigenvalue weighted by atomic mass is 10.2. The molecule has 0 saturated heterocycles. The zero-order chi connectivity index (χ0) is 10.8. The molecule has 0 unspecified atom stereocenters. The number of rotatable bonds is 3. The van der Waals surface area contributed by atoms with Gasteiger partial charge in [-0.1, -0.05) is 0 Å². The van der Waals surface area contributed by atoms with Crippen LogP contribution in [0.1, 0.15) is 13.8 Å². The molecule has 0 radical (unpaired) electrons. The van der Waals surface area contributed by atoms with Gasteiger partial charge in [-0.15, -0.1) is 0 Å². The van der Waals surface area contributed by atoms with E-state index in [2.05, 4.69) is 36.8 Å². The van der Waals surface area contributed by atoms with E-state index in [4.69, 9.17) is 4.74 Å². The first-order chi connectivity index (χ1) is 6.38. The Balaban J connectivity index is 2.68. The number of hydrogen-bond acceptors (Lipinski definition) is 3. The van der Waals surface area contributed by atoms with E-state index in [0.717, 1.165) is 4.60 Å². The fourth-order valence-corrected chi connectivity index (χ4v) is 1.75. The summed E-state index contributed by atoms with van der Waals surface area (Å²) in [5, 5.41) is 9.45. The van der Waals surface area contributed by atoms with Crippen LogP contribution in [0.5, 0.6) is 5.75 Å². The largest absolute Gasteiger partial charge is 0.488 e. The molecule has 5 heteroatoms. The highest BCUT2D eigenvalue weighted by Crippen LogP contribution is 2.25. The zero-order valence-corrected chi connectivity index (χ0v) is 11.1. The molecule has 0 aliphatic carbocycles. The quantitative estimate of drug-likeness (QED) is 0.869. The number of pyridine rings is 1. The van der Waals surface area contributed by atoms with Crippen molar-refractivity contribution in [2.24, 2.45) is 0 Å². The number of halogens is 2. The molecule has 0 aromatic carbocycles. The molecule has 0 saturated carbocycles. The molecule has 0 aliphatic heterocycles. The molecule has 3 nitrogen and oxygen atoms in total. The first-order valence-corrected chi connectivity index (χ1v) is 5.64. The van der Waals surface area contributed by atoms with Gasteiger partial charge in [0.1, 0.15) is 15.8 Å². The van der Waals surface area contributed by atoms with E-state index >= 15 is 0 Å². The Labute approximate surface area is 99.8 Å². The van der Waals surface area contributed by atoms with E-state index in [1.165, 1.54) is 0 Å². The number of aromatic nitrogens is 1. The maximum atomic E-state index is 9.45. The molecule has 0 spiro atoms. The van der Waals surface area contributed by atoms with E-state index in [1.54, 1.807) is 26.0 Å². The summed E-state index contributed by atoms with van der Waals surface area (Å²) in [4.78, 5) is 4.10. The van der Waals surface area contributed by atoms with Gasteiger partial charge in [0.05, 0.1) is 5.60 Å². The van der Waals surface area contributed by atoms with Gasteiger partial charge in [0.25, 0.3) is 0 Å². The van der Waals surface area contributed by atoms with Crippen LogP contribution in [0, 0.1) is 0 Å². The highest BCUT2D eigenvalue weighted by Gasteiger charge is 2.14. The second-order valence-electron chi connectivity index (χ2n) is 3.52.